The molecule has 0 radical (unpaired) electrons. The van der Waals surface area contributed by atoms with E-state index in [0.29, 0.717) is 37.3 Å². The van der Waals surface area contributed by atoms with Crippen LogP contribution in [0.25, 0.3) is 5.57 Å². The summed E-state index contributed by atoms with van der Waals surface area (Å²) in [7, 11) is 3.00. The van der Waals surface area contributed by atoms with Gasteiger partial charge in [-0.2, -0.15) is 0 Å². The van der Waals surface area contributed by atoms with Crippen LogP contribution in [0, 0.1) is 10.1 Å². The number of allylic oxidation sites excluding steroid dienone is 1. The number of amides is 1. The third-order valence-corrected chi connectivity index (χ3v) is 4.32. The molecule has 140 valence electrons. The first-order chi connectivity index (χ1) is 12.4. The molecular formula is C17H23N5O4. The van der Waals surface area contributed by atoms with Crippen LogP contribution in [-0.4, -0.2) is 62.3 Å². The molecule has 1 aliphatic heterocycles. The summed E-state index contributed by atoms with van der Waals surface area (Å²) < 4.78 is 5.21. The predicted octanol–water partition coefficient (Wildman–Crippen LogP) is 1.27. The van der Waals surface area contributed by atoms with Crippen molar-refractivity contribution in [1.29, 1.82) is 0 Å². The summed E-state index contributed by atoms with van der Waals surface area (Å²) in [5, 5.41) is 11.4. The van der Waals surface area contributed by atoms with E-state index in [2.05, 4.69) is 9.89 Å². The monoisotopic (exact) mass is 361 g/mol. The summed E-state index contributed by atoms with van der Waals surface area (Å²) in [6, 6.07) is 3.09. The zero-order chi connectivity index (χ0) is 19.3. The van der Waals surface area contributed by atoms with Crippen molar-refractivity contribution in [3.63, 3.8) is 0 Å². The topological polar surface area (TPSA) is 114 Å². The fourth-order valence-corrected chi connectivity index (χ4v) is 2.96. The van der Waals surface area contributed by atoms with Gasteiger partial charge < -0.3 is 20.3 Å². The lowest BCUT2D eigenvalue weighted by molar-refractivity contribution is -0.385. The molecule has 0 saturated carbocycles. The number of carbonyl (C=O) groups excluding carboxylic acids is 1. The minimum atomic E-state index is -0.489. The van der Waals surface area contributed by atoms with Crippen molar-refractivity contribution in [2.75, 3.05) is 45.2 Å². The van der Waals surface area contributed by atoms with Crippen LogP contribution in [0.15, 0.2) is 23.3 Å². The maximum absolute atomic E-state index is 11.5. The SMILES string of the molecule is CN=CC(=CN)c1cc([N+](=O)[O-])c(OC)cc1N1CCN(C(C)=O)CC1. The number of piperazine rings is 1. The van der Waals surface area contributed by atoms with Crippen LogP contribution in [0.2, 0.25) is 0 Å². The number of benzene rings is 1. The number of anilines is 1. The molecule has 0 spiro atoms. The number of carbonyl (C=O) groups is 1. The minimum Gasteiger partial charge on any atom is -0.490 e. The van der Waals surface area contributed by atoms with Crippen LogP contribution in [-0.2, 0) is 4.79 Å². The van der Waals surface area contributed by atoms with Crippen molar-refractivity contribution in [1.82, 2.24) is 4.90 Å². The lowest BCUT2D eigenvalue weighted by Crippen LogP contribution is -2.48. The van der Waals surface area contributed by atoms with Gasteiger partial charge in [-0.1, -0.05) is 0 Å². The molecule has 1 aromatic rings. The highest BCUT2D eigenvalue weighted by molar-refractivity contribution is 6.12. The Kier molecular flexibility index (Phi) is 6.16. The Morgan fingerprint density at radius 3 is 2.46 bits per heavy atom. The summed E-state index contributed by atoms with van der Waals surface area (Å²) in [5.41, 5.74) is 7.51. The van der Waals surface area contributed by atoms with Crippen molar-refractivity contribution >= 4 is 29.1 Å². The normalized spacial score (nSPS) is 15.4. The highest BCUT2D eigenvalue weighted by atomic mass is 16.6. The van der Waals surface area contributed by atoms with E-state index in [9.17, 15) is 14.9 Å². The molecule has 2 N–H and O–H groups in total. The van der Waals surface area contributed by atoms with E-state index in [4.69, 9.17) is 10.5 Å². The molecule has 9 heteroatoms. The number of hydrogen-bond acceptors (Lipinski definition) is 7. The number of nitrogens with zero attached hydrogens (tertiary/aromatic N) is 4. The number of methoxy groups -OCH3 is 1. The maximum Gasteiger partial charge on any atom is 0.311 e. The molecule has 0 unspecified atom stereocenters. The molecule has 0 atom stereocenters. The van der Waals surface area contributed by atoms with Gasteiger partial charge in [-0.25, -0.2) is 0 Å². The Morgan fingerprint density at radius 2 is 2.00 bits per heavy atom. The van der Waals surface area contributed by atoms with Crippen LogP contribution in [0.5, 0.6) is 5.75 Å². The third-order valence-electron chi connectivity index (χ3n) is 4.32. The van der Waals surface area contributed by atoms with Gasteiger partial charge >= 0.3 is 5.69 Å². The second kappa shape index (κ2) is 8.32. The van der Waals surface area contributed by atoms with Gasteiger partial charge in [0.1, 0.15) is 0 Å². The molecule has 1 aromatic carbocycles. The van der Waals surface area contributed by atoms with Crippen LogP contribution in [0.4, 0.5) is 11.4 Å². The van der Waals surface area contributed by atoms with E-state index >= 15 is 0 Å². The van der Waals surface area contributed by atoms with E-state index < -0.39 is 4.92 Å². The molecule has 1 heterocycles. The summed E-state index contributed by atoms with van der Waals surface area (Å²) in [4.78, 5) is 30.2. The smallest absolute Gasteiger partial charge is 0.311 e. The molecule has 0 aliphatic carbocycles. The summed E-state index contributed by atoms with van der Waals surface area (Å²) in [5.74, 6) is 0.208. The zero-order valence-corrected chi connectivity index (χ0v) is 15.1. The number of aliphatic imine (C=N–C) groups is 1. The Morgan fingerprint density at radius 1 is 1.35 bits per heavy atom. The molecule has 1 saturated heterocycles. The van der Waals surface area contributed by atoms with Crippen molar-refractivity contribution in [2.45, 2.75) is 6.92 Å². The molecule has 1 aliphatic rings. The first-order valence-corrected chi connectivity index (χ1v) is 8.14. The van der Waals surface area contributed by atoms with Crippen LogP contribution in [0.1, 0.15) is 12.5 Å². The average molecular weight is 361 g/mol. The van der Waals surface area contributed by atoms with Crippen molar-refractivity contribution in [3.05, 3.63) is 34.0 Å². The Bertz CT molecular complexity index is 752. The van der Waals surface area contributed by atoms with E-state index in [0.717, 1.165) is 5.69 Å². The zero-order valence-electron chi connectivity index (χ0n) is 15.1. The summed E-state index contributed by atoms with van der Waals surface area (Å²) >= 11 is 0. The lowest BCUT2D eigenvalue weighted by atomic mass is 10.0. The first-order valence-electron chi connectivity index (χ1n) is 8.14. The van der Waals surface area contributed by atoms with Crippen LogP contribution >= 0.6 is 0 Å². The Hall–Kier alpha value is -3.10. The standard InChI is InChI=1S/C17H23N5O4/c1-12(23)20-4-6-21(7-5-20)15-9-17(26-3)16(22(24)25)8-14(15)13(10-18)11-19-2/h8-11H,4-7,18H2,1-3H3. The van der Waals surface area contributed by atoms with Gasteiger partial charge in [-0.3, -0.25) is 19.9 Å². The van der Waals surface area contributed by atoms with Crippen LogP contribution in [0.3, 0.4) is 0 Å². The first kappa shape index (κ1) is 19.2. The Labute approximate surface area is 151 Å². The molecule has 2 rings (SSSR count). The predicted molar refractivity (Wildman–Crippen MR) is 101 cm³/mol. The van der Waals surface area contributed by atoms with Gasteiger partial charge in [0.25, 0.3) is 0 Å². The third kappa shape index (κ3) is 3.93. The van der Waals surface area contributed by atoms with E-state index in [-0.39, 0.29) is 17.3 Å². The van der Waals surface area contributed by atoms with Crippen molar-refractivity contribution in [2.24, 2.45) is 10.7 Å². The molecule has 1 amide bonds. The molecule has 26 heavy (non-hydrogen) atoms. The molecule has 0 bridgehead atoms. The van der Waals surface area contributed by atoms with Gasteiger partial charge in [-0.05, 0) is 0 Å². The van der Waals surface area contributed by atoms with Gasteiger partial charge in [0, 0.05) is 81.5 Å². The maximum atomic E-state index is 11.5. The lowest BCUT2D eigenvalue weighted by Gasteiger charge is -2.36. The van der Waals surface area contributed by atoms with E-state index in [1.165, 1.54) is 19.4 Å². The largest absolute Gasteiger partial charge is 0.490 e. The average Bonchev–Trinajstić information content (AvgIpc) is 2.65. The minimum absolute atomic E-state index is 0.0341. The van der Waals surface area contributed by atoms with Crippen molar-refractivity contribution in [3.8, 4) is 5.75 Å². The fourth-order valence-electron chi connectivity index (χ4n) is 2.96. The van der Waals surface area contributed by atoms with Gasteiger partial charge in [0.05, 0.1) is 12.0 Å². The molecular weight excluding hydrogens is 338 g/mol. The van der Waals surface area contributed by atoms with Gasteiger partial charge in [0.15, 0.2) is 5.75 Å². The summed E-state index contributed by atoms with van der Waals surface area (Å²) in [6.07, 6.45) is 2.93. The van der Waals surface area contributed by atoms with Crippen molar-refractivity contribution < 1.29 is 14.5 Å². The van der Waals surface area contributed by atoms with Gasteiger partial charge in [0.2, 0.25) is 5.91 Å². The second-order valence-electron chi connectivity index (χ2n) is 5.80. The van der Waals surface area contributed by atoms with Gasteiger partial charge in [-0.15, -0.1) is 0 Å². The number of rotatable bonds is 5. The van der Waals surface area contributed by atoms with E-state index in [1.807, 2.05) is 0 Å². The summed E-state index contributed by atoms with van der Waals surface area (Å²) in [6.45, 7) is 3.92. The molecule has 1 fully saturated rings. The van der Waals surface area contributed by atoms with Crippen LogP contribution < -0.4 is 15.4 Å². The fraction of sp³-hybridized carbons (Fsp3) is 0.412. The quantitative estimate of drug-likeness (QED) is 0.480. The Balaban J connectivity index is 2.52. The number of ether oxygens (including phenoxy) is 1. The molecule has 9 nitrogen and oxygen atoms in total. The number of nitrogens with two attached hydrogens (primary N) is 1. The number of hydrogen-bond donors (Lipinski definition) is 1. The number of nitro benzene ring substituents is 1. The number of nitro groups is 1. The highest BCUT2D eigenvalue weighted by Crippen LogP contribution is 2.38. The second-order valence-corrected chi connectivity index (χ2v) is 5.80. The highest BCUT2D eigenvalue weighted by Gasteiger charge is 2.26. The van der Waals surface area contributed by atoms with E-state index in [1.54, 1.807) is 31.2 Å². The molecule has 0 aromatic heterocycles.